The van der Waals surface area contributed by atoms with Crippen LogP contribution >= 0.6 is 0 Å². The van der Waals surface area contributed by atoms with Gasteiger partial charge in [0.25, 0.3) is 0 Å². The van der Waals surface area contributed by atoms with E-state index in [4.69, 9.17) is 18.9 Å². The molecule has 264 valence electrons. The molecule has 0 aromatic heterocycles. The van der Waals surface area contributed by atoms with Gasteiger partial charge in [0.1, 0.15) is 42.2 Å². The van der Waals surface area contributed by atoms with Crippen LogP contribution < -0.4 is 0 Å². The van der Waals surface area contributed by atoms with E-state index in [1.54, 1.807) is 6.92 Å². The molecule has 1 saturated heterocycles. The van der Waals surface area contributed by atoms with Crippen molar-refractivity contribution >= 4 is 11.9 Å². The van der Waals surface area contributed by atoms with Gasteiger partial charge in [0.05, 0.1) is 12.7 Å². The maximum Gasteiger partial charge on any atom is 0.334 e. The van der Waals surface area contributed by atoms with Gasteiger partial charge in [-0.25, -0.2) is 4.79 Å². The van der Waals surface area contributed by atoms with Crippen LogP contribution in [0.3, 0.4) is 0 Å². The number of hydrogen-bond acceptors (Lipinski definition) is 11. The molecule has 4 fully saturated rings. The molecule has 0 radical (unpaired) electrons. The van der Waals surface area contributed by atoms with Crippen molar-refractivity contribution in [1.29, 1.82) is 0 Å². The standard InChI is InChI=1S/C36H54O11/c1-17-13-28(47-32(42)18(17)2)36(6,43)26-10-9-23-22-8-7-20-14-21(45-33-31(41)30(40)29(39)25(16-37)46-33)15-27(44-19(3)38)35(20,5)24(22)11-12-34(23,26)4/h7,21-31,33,37,39-41,43H,8-16H2,1-6H3/t21-,22+,23+,24+,25-,26+,27+,28-,29-,30+,31-,33-,34+,35+,36-/m1/s1. The molecule has 0 bridgehead atoms. The van der Waals surface area contributed by atoms with Crippen LogP contribution in [-0.2, 0) is 28.5 Å². The fourth-order valence-corrected chi connectivity index (χ4v) is 10.9. The van der Waals surface area contributed by atoms with Crippen molar-refractivity contribution in [3.63, 3.8) is 0 Å². The van der Waals surface area contributed by atoms with Gasteiger partial charge in [-0.05, 0) is 88.4 Å². The van der Waals surface area contributed by atoms with Gasteiger partial charge in [0.15, 0.2) is 6.29 Å². The predicted octanol–water partition coefficient (Wildman–Crippen LogP) is 2.69. The minimum Gasteiger partial charge on any atom is -0.462 e. The molecule has 4 aliphatic carbocycles. The number of fused-ring (bicyclic) bond motifs is 5. The molecule has 6 rings (SSSR count). The molecule has 6 aliphatic rings. The van der Waals surface area contributed by atoms with Gasteiger partial charge in [-0.3, -0.25) is 4.79 Å². The molecule has 11 heteroatoms. The first-order valence-electron chi connectivity index (χ1n) is 17.5. The summed E-state index contributed by atoms with van der Waals surface area (Å²) in [6.45, 7) is 11.0. The minimum atomic E-state index is -1.54. The van der Waals surface area contributed by atoms with Gasteiger partial charge in [-0.2, -0.15) is 0 Å². The van der Waals surface area contributed by atoms with Crippen LogP contribution in [0.4, 0.5) is 0 Å². The van der Waals surface area contributed by atoms with Gasteiger partial charge in [-0.15, -0.1) is 0 Å². The molecular formula is C36H54O11. The van der Waals surface area contributed by atoms with Crippen LogP contribution in [0.1, 0.15) is 92.9 Å². The summed E-state index contributed by atoms with van der Waals surface area (Å²) in [5.74, 6) is 0.138. The number of aliphatic hydroxyl groups excluding tert-OH is 4. The lowest BCUT2D eigenvalue weighted by atomic mass is 9.46. The molecule has 0 aromatic carbocycles. The zero-order valence-electron chi connectivity index (χ0n) is 28.6. The molecule has 2 aliphatic heterocycles. The third-order valence-corrected chi connectivity index (χ3v) is 13.7. The van der Waals surface area contributed by atoms with Crippen LogP contribution in [-0.4, -0.2) is 98.7 Å². The average Bonchev–Trinajstić information content (AvgIpc) is 3.38. The maximum atomic E-state index is 12.6. The fraction of sp³-hybridized carbons (Fsp3) is 0.833. The Morgan fingerprint density at radius 1 is 1.06 bits per heavy atom. The van der Waals surface area contributed by atoms with Gasteiger partial charge in [-0.1, -0.05) is 31.1 Å². The number of esters is 2. The van der Waals surface area contributed by atoms with E-state index in [0.717, 1.165) is 43.3 Å². The van der Waals surface area contributed by atoms with Crippen LogP contribution in [0, 0.1) is 34.5 Å². The highest BCUT2D eigenvalue weighted by molar-refractivity contribution is 5.89. The third-order valence-electron chi connectivity index (χ3n) is 13.7. The van der Waals surface area contributed by atoms with E-state index in [2.05, 4.69) is 19.9 Å². The van der Waals surface area contributed by atoms with E-state index in [-0.39, 0.29) is 29.2 Å². The molecule has 0 spiro atoms. The normalized spacial score (nSPS) is 48.0. The highest BCUT2D eigenvalue weighted by Gasteiger charge is 2.65. The van der Waals surface area contributed by atoms with Crippen LogP contribution in [0.15, 0.2) is 22.8 Å². The first-order valence-corrected chi connectivity index (χ1v) is 17.5. The fourth-order valence-electron chi connectivity index (χ4n) is 10.9. The summed E-state index contributed by atoms with van der Waals surface area (Å²) in [6, 6.07) is 0. The lowest BCUT2D eigenvalue weighted by molar-refractivity contribution is -0.315. The summed E-state index contributed by atoms with van der Waals surface area (Å²) in [7, 11) is 0. The Labute approximate surface area is 277 Å². The molecule has 2 heterocycles. The van der Waals surface area contributed by atoms with E-state index >= 15 is 0 Å². The summed E-state index contributed by atoms with van der Waals surface area (Å²) < 4.78 is 23.7. The molecule has 0 aromatic rings. The minimum absolute atomic E-state index is 0.0323. The Kier molecular flexibility index (Phi) is 9.29. The number of aliphatic hydroxyl groups is 5. The Balaban J connectivity index is 1.24. The summed E-state index contributed by atoms with van der Waals surface area (Å²) in [5, 5.41) is 52.9. The molecule has 47 heavy (non-hydrogen) atoms. The highest BCUT2D eigenvalue weighted by atomic mass is 16.7. The topological polar surface area (TPSA) is 172 Å². The molecule has 5 N–H and O–H groups in total. The van der Waals surface area contributed by atoms with Crippen LogP contribution in [0.2, 0.25) is 0 Å². The molecule has 11 nitrogen and oxygen atoms in total. The maximum absolute atomic E-state index is 12.6. The van der Waals surface area contributed by atoms with Crippen molar-refractivity contribution in [2.24, 2.45) is 34.5 Å². The van der Waals surface area contributed by atoms with E-state index in [9.17, 15) is 35.1 Å². The Hall–Kier alpha value is -1.86. The monoisotopic (exact) mass is 662 g/mol. The summed E-state index contributed by atoms with van der Waals surface area (Å²) in [4.78, 5) is 25.1. The number of cyclic esters (lactones) is 1. The van der Waals surface area contributed by atoms with Gasteiger partial charge in [0, 0.05) is 30.8 Å². The van der Waals surface area contributed by atoms with Gasteiger partial charge >= 0.3 is 11.9 Å². The summed E-state index contributed by atoms with van der Waals surface area (Å²) >= 11 is 0. The van der Waals surface area contributed by atoms with Crippen molar-refractivity contribution in [3.8, 4) is 0 Å². The van der Waals surface area contributed by atoms with E-state index < -0.39 is 66.6 Å². The number of carbonyl (C=O) groups excluding carboxylic acids is 2. The second-order valence-electron chi connectivity index (χ2n) is 16.0. The first kappa shape index (κ1) is 35.0. The van der Waals surface area contributed by atoms with E-state index in [1.807, 2.05) is 13.8 Å². The Morgan fingerprint density at radius 3 is 2.45 bits per heavy atom. The van der Waals surface area contributed by atoms with E-state index in [0.29, 0.717) is 36.7 Å². The summed E-state index contributed by atoms with van der Waals surface area (Å²) in [6.07, 6.45) is -0.262. The zero-order chi connectivity index (χ0) is 34.2. The molecule has 0 amide bonds. The number of rotatable bonds is 6. The molecule has 0 unspecified atom stereocenters. The number of ether oxygens (including phenoxy) is 4. The van der Waals surface area contributed by atoms with Crippen molar-refractivity contribution in [2.45, 2.75) is 148 Å². The third kappa shape index (κ3) is 5.62. The largest absolute Gasteiger partial charge is 0.462 e. The smallest absolute Gasteiger partial charge is 0.334 e. The number of hydrogen-bond donors (Lipinski definition) is 5. The molecular weight excluding hydrogens is 608 g/mol. The van der Waals surface area contributed by atoms with Crippen LogP contribution in [0.25, 0.3) is 0 Å². The Morgan fingerprint density at radius 2 is 1.79 bits per heavy atom. The van der Waals surface area contributed by atoms with Gasteiger partial charge in [0.2, 0.25) is 0 Å². The van der Waals surface area contributed by atoms with Crippen molar-refractivity contribution < 1.29 is 54.1 Å². The molecule has 3 saturated carbocycles. The molecule has 15 atom stereocenters. The Bertz CT molecular complexity index is 1310. The summed E-state index contributed by atoms with van der Waals surface area (Å²) in [5.41, 5.74) is 0.973. The van der Waals surface area contributed by atoms with Crippen LogP contribution in [0.5, 0.6) is 0 Å². The second kappa shape index (κ2) is 12.5. The first-order chi connectivity index (χ1) is 22.0. The lowest BCUT2D eigenvalue weighted by Gasteiger charge is -2.60. The zero-order valence-corrected chi connectivity index (χ0v) is 28.6. The second-order valence-corrected chi connectivity index (χ2v) is 16.0. The van der Waals surface area contributed by atoms with Crippen molar-refractivity contribution in [1.82, 2.24) is 0 Å². The number of allylic oxidation sites excluding steroid dienone is 1. The lowest BCUT2D eigenvalue weighted by Crippen LogP contribution is -2.61. The predicted molar refractivity (Wildman–Crippen MR) is 168 cm³/mol. The quantitative estimate of drug-likeness (QED) is 0.209. The van der Waals surface area contributed by atoms with E-state index in [1.165, 1.54) is 6.92 Å². The number of carbonyl (C=O) groups is 2. The highest BCUT2D eigenvalue weighted by Crippen LogP contribution is 2.68. The van der Waals surface area contributed by atoms with Crippen molar-refractivity contribution in [3.05, 3.63) is 22.8 Å². The van der Waals surface area contributed by atoms with Gasteiger partial charge < -0.3 is 44.5 Å². The van der Waals surface area contributed by atoms with Crippen molar-refractivity contribution in [2.75, 3.05) is 6.61 Å². The SMILES string of the molecule is CC(=O)O[C@H]1C[C@H](O[C@@H]2O[C@H](CO)[C@@H](O)[C@H](O)[C@H]2O)CC2=CC[C@H]3[C@@H]4CC[C@H]([C@@](C)(O)[C@H]5CC(C)=C(C)C(=O)O5)[C@@]4(C)CC[C@@H]3[C@]21C. The average molecular weight is 663 g/mol.